The second kappa shape index (κ2) is 7.73. The van der Waals surface area contributed by atoms with Gasteiger partial charge in [-0.2, -0.15) is 0 Å². The van der Waals surface area contributed by atoms with Gasteiger partial charge in [0.15, 0.2) is 6.35 Å². The zero-order valence-electron chi connectivity index (χ0n) is 17.9. The summed E-state index contributed by atoms with van der Waals surface area (Å²) >= 11 is 0. The van der Waals surface area contributed by atoms with Crippen LogP contribution >= 0.6 is 0 Å². The van der Waals surface area contributed by atoms with Gasteiger partial charge in [-0.15, -0.1) is 4.31 Å². The van der Waals surface area contributed by atoms with Crippen LogP contribution in [-0.4, -0.2) is 55.3 Å². The molecule has 30 heavy (non-hydrogen) atoms. The van der Waals surface area contributed by atoms with E-state index >= 15 is 0 Å². The van der Waals surface area contributed by atoms with Crippen molar-refractivity contribution in [2.75, 3.05) is 20.6 Å². The van der Waals surface area contributed by atoms with Crippen LogP contribution < -0.4 is 5.32 Å². The van der Waals surface area contributed by atoms with E-state index in [-0.39, 0.29) is 10.4 Å². The quantitative estimate of drug-likeness (QED) is 0.782. The van der Waals surface area contributed by atoms with Crippen molar-refractivity contribution < 1.29 is 13.5 Å². The van der Waals surface area contributed by atoms with Gasteiger partial charge in [0.25, 0.3) is 0 Å². The molecule has 1 unspecified atom stereocenters. The number of aryl methyl sites for hydroxylation is 1. The lowest BCUT2D eigenvalue weighted by Gasteiger charge is -2.50. The smallest absolute Gasteiger partial charge is 0.246 e. The first-order valence-electron chi connectivity index (χ1n) is 10.5. The largest absolute Gasteiger partial charge is 0.364 e. The van der Waals surface area contributed by atoms with Gasteiger partial charge in [-0.25, -0.2) is 8.42 Å². The van der Waals surface area contributed by atoms with Crippen molar-refractivity contribution >= 4 is 10.0 Å². The number of hydrogen-bond acceptors (Lipinski definition) is 5. The molecule has 1 spiro atoms. The summed E-state index contributed by atoms with van der Waals surface area (Å²) < 4.78 is 28.3. The summed E-state index contributed by atoms with van der Waals surface area (Å²) in [6, 6.07) is 17.3. The molecular weight excluding hydrogens is 398 g/mol. The second-order valence-electron chi connectivity index (χ2n) is 8.88. The predicted molar refractivity (Wildman–Crippen MR) is 117 cm³/mol. The third kappa shape index (κ3) is 3.39. The molecule has 1 heterocycles. The van der Waals surface area contributed by atoms with Crippen molar-refractivity contribution in [2.24, 2.45) is 0 Å². The van der Waals surface area contributed by atoms with Gasteiger partial charge in [0.1, 0.15) is 0 Å². The molecule has 7 heteroatoms. The van der Waals surface area contributed by atoms with Gasteiger partial charge in [-0.3, -0.25) is 10.2 Å². The van der Waals surface area contributed by atoms with E-state index in [1.54, 1.807) is 24.3 Å². The van der Waals surface area contributed by atoms with Gasteiger partial charge < -0.3 is 5.11 Å². The van der Waals surface area contributed by atoms with E-state index in [0.717, 1.165) is 18.4 Å². The van der Waals surface area contributed by atoms with E-state index in [2.05, 4.69) is 48.6 Å². The number of aliphatic hydroxyl groups excluding tert-OH is 1. The predicted octanol–water partition coefficient (Wildman–Crippen LogP) is 2.63. The van der Waals surface area contributed by atoms with E-state index in [1.165, 1.54) is 9.87 Å². The molecule has 162 valence electrons. The van der Waals surface area contributed by atoms with Crippen molar-refractivity contribution in [3.05, 3.63) is 65.7 Å². The maximum atomic E-state index is 13.5. The van der Waals surface area contributed by atoms with Gasteiger partial charge in [-0.05, 0) is 64.4 Å². The zero-order chi connectivity index (χ0) is 21.6. The van der Waals surface area contributed by atoms with Crippen LogP contribution in [0.3, 0.4) is 0 Å². The Kier molecular flexibility index (Phi) is 5.53. The van der Waals surface area contributed by atoms with E-state index < -0.39 is 21.9 Å². The van der Waals surface area contributed by atoms with Crippen LogP contribution in [0.1, 0.15) is 36.8 Å². The number of nitrogens with one attached hydrogen (secondary N) is 1. The summed E-state index contributed by atoms with van der Waals surface area (Å²) in [6.45, 7) is 2.38. The van der Waals surface area contributed by atoms with Crippen LogP contribution in [0.4, 0.5) is 0 Å². The van der Waals surface area contributed by atoms with Gasteiger partial charge in [-0.1, -0.05) is 48.0 Å². The Balaban J connectivity index is 1.67. The summed E-state index contributed by atoms with van der Waals surface area (Å²) in [5, 5.41) is 13.6. The maximum Gasteiger partial charge on any atom is 0.246 e. The molecule has 2 N–H and O–H groups in total. The lowest BCUT2D eigenvalue weighted by Crippen LogP contribution is -2.57. The molecule has 1 saturated heterocycles. The topological polar surface area (TPSA) is 72.9 Å². The molecule has 1 aliphatic heterocycles. The Hall–Kier alpha value is -1.77. The Morgan fingerprint density at radius 1 is 1.00 bits per heavy atom. The summed E-state index contributed by atoms with van der Waals surface area (Å²) in [4.78, 5) is 2.48. The van der Waals surface area contributed by atoms with Crippen LogP contribution in [0.2, 0.25) is 0 Å². The highest BCUT2D eigenvalue weighted by Gasteiger charge is 2.56. The standard InChI is InChI=1S/C23H31N3O3S/c1-18-9-11-20(12-10-18)30(28,29)26-21(27)24-17-22(26)13-15-23(16-14-22,25(2)3)19-7-5-4-6-8-19/h4-12,21,24,27H,13-17H2,1-3H3/t21?,22-,23+. The Morgan fingerprint density at radius 3 is 2.17 bits per heavy atom. The molecule has 4 rings (SSSR count). The molecule has 2 fully saturated rings. The summed E-state index contributed by atoms with van der Waals surface area (Å²) in [5.74, 6) is 0. The highest BCUT2D eigenvalue weighted by Crippen LogP contribution is 2.49. The molecule has 6 nitrogen and oxygen atoms in total. The fourth-order valence-corrected chi connectivity index (χ4v) is 6.98. The molecule has 0 aromatic heterocycles. The second-order valence-corrected chi connectivity index (χ2v) is 10.7. The lowest BCUT2D eigenvalue weighted by molar-refractivity contribution is -0.00509. The monoisotopic (exact) mass is 429 g/mol. The SMILES string of the molecule is Cc1ccc(S(=O)(=O)N2C(O)NC[C@]23CC[C@](c2ccccc2)(N(C)C)CC3)cc1. The average molecular weight is 430 g/mol. The van der Waals surface area contributed by atoms with E-state index in [1.807, 2.05) is 13.0 Å². The summed E-state index contributed by atoms with van der Waals surface area (Å²) in [6.07, 6.45) is 1.78. The highest BCUT2D eigenvalue weighted by atomic mass is 32.2. The molecule has 0 bridgehead atoms. The number of sulfonamides is 1. The Morgan fingerprint density at radius 2 is 1.60 bits per heavy atom. The number of nitrogens with zero attached hydrogens (tertiary/aromatic N) is 2. The first kappa shape index (κ1) is 21.5. The van der Waals surface area contributed by atoms with Crippen LogP contribution in [0, 0.1) is 6.92 Å². The lowest BCUT2D eigenvalue weighted by atomic mass is 9.69. The molecule has 2 aromatic carbocycles. The molecule has 2 aliphatic rings. The third-order valence-electron chi connectivity index (χ3n) is 7.06. The van der Waals surface area contributed by atoms with Crippen molar-refractivity contribution in [1.29, 1.82) is 0 Å². The van der Waals surface area contributed by atoms with Crippen LogP contribution in [0.15, 0.2) is 59.5 Å². The minimum absolute atomic E-state index is 0.140. The normalized spacial score (nSPS) is 30.2. The van der Waals surface area contributed by atoms with Crippen LogP contribution in [0.25, 0.3) is 0 Å². The van der Waals surface area contributed by atoms with Crippen molar-refractivity contribution in [2.45, 2.75) is 54.9 Å². The first-order chi connectivity index (χ1) is 14.2. The summed E-state index contributed by atoms with van der Waals surface area (Å²) in [7, 11) is 0.354. The molecule has 2 aromatic rings. The number of benzene rings is 2. The number of hydrogen-bond donors (Lipinski definition) is 2. The molecule has 0 radical (unpaired) electrons. The van der Waals surface area contributed by atoms with E-state index in [9.17, 15) is 13.5 Å². The first-order valence-corrected chi connectivity index (χ1v) is 11.9. The number of aliphatic hydroxyl groups is 1. The zero-order valence-corrected chi connectivity index (χ0v) is 18.7. The maximum absolute atomic E-state index is 13.5. The van der Waals surface area contributed by atoms with Gasteiger partial charge in [0.05, 0.1) is 10.4 Å². The van der Waals surface area contributed by atoms with E-state index in [0.29, 0.717) is 19.4 Å². The summed E-state index contributed by atoms with van der Waals surface area (Å²) in [5.41, 5.74) is 1.49. The van der Waals surface area contributed by atoms with Crippen LogP contribution in [-0.2, 0) is 15.6 Å². The van der Waals surface area contributed by atoms with Crippen LogP contribution in [0.5, 0.6) is 0 Å². The molecule has 1 aliphatic carbocycles. The van der Waals surface area contributed by atoms with Crippen molar-refractivity contribution in [3.8, 4) is 0 Å². The van der Waals surface area contributed by atoms with Gasteiger partial charge >= 0.3 is 0 Å². The Bertz CT molecular complexity index is 982. The molecule has 0 amide bonds. The Labute approximate surface area is 179 Å². The minimum atomic E-state index is -3.83. The fraction of sp³-hybridized carbons (Fsp3) is 0.478. The molecule has 1 atom stereocenters. The molecule has 1 saturated carbocycles. The number of rotatable bonds is 4. The van der Waals surface area contributed by atoms with Gasteiger partial charge in [0.2, 0.25) is 10.0 Å². The fourth-order valence-electron chi connectivity index (χ4n) is 5.18. The van der Waals surface area contributed by atoms with Gasteiger partial charge in [0, 0.05) is 12.1 Å². The molecular formula is C23H31N3O3S. The van der Waals surface area contributed by atoms with Crippen molar-refractivity contribution in [1.82, 2.24) is 14.5 Å². The van der Waals surface area contributed by atoms with Crippen molar-refractivity contribution in [3.63, 3.8) is 0 Å². The van der Waals surface area contributed by atoms with E-state index in [4.69, 9.17) is 0 Å². The average Bonchev–Trinajstić information content (AvgIpc) is 3.06. The third-order valence-corrected chi connectivity index (χ3v) is 9.03. The minimum Gasteiger partial charge on any atom is -0.364 e. The highest BCUT2D eigenvalue weighted by molar-refractivity contribution is 7.89.